The van der Waals surface area contributed by atoms with Gasteiger partial charge in [0.2, 0.25) is 0 Å². The van der Waals surface area contributed by atoms with Crippen LogP contribution in [0.2, 0.25) is 0 Å². The Morgan fingerprint density at radius 2 is 2.15 bits per heavy atom. The van der Waals surface area contributed by atoms with Crippen molar-refractivity contribution < 1.29 is 4.74 Å². The van der Waals surface area contributed by atoms with Crippen LogP contribution in [0.5, 0.6) is 0 Å². The van der Waals surface area contributed by atoms with E-state index in [-0.39, 0.29) is 12.5 Å². The SMILES string of the molecule is CC(C)Cn1nc2n(c(=O)c1=O)C[C@@]1(CCN(Cc3ccsc3)C1)OC2. The molecule has 0 N–H and O–H groups in total. The van der Waals surface area contributed by atoms with Gasteiger partial charge in [-0.25, -0.2) is 4.68 Å². The van der Waals surface area contributed by atoms with Gasteiger partial charge in [0.15, 0.2) is 5.82 Å². The molecule has 0 amide bonds. The fourth-order valence-corrected chi connectivity index (χ4v) is 4.48. The number of likely N-dealkylation sites (tertiary alicyclic amines) is 1. The molecule has 0 unspecified atom stereocenters. The first-order valence-electron chi connectivity index (χ1n) is 9.04. The molecule has 1 atom stereocenters. The zero-order valence-electron chi connectivity index (χ0n) is 15.2. The van der Waals surface area contributed by atoms with Crippen molar-refractivity contribution in [3.05, 3.63) is 48.9 Å². The van der Waals surface area contributed by atoms with Crippen LogP contribution in [-0.4, -0.2) is 37.9 Å². The van der Waals surface area contributed by atoms with Crippen LogP contribution in [-0.2, 0) is 31.0 Å². The van der Waals surface area contributed by atoms with Gasteiger partial charge in [0.05, 0.1) is 6.54 Å². The molecule has 26 heavy (non-hydrogen) atoms. The van der Waals surface area contributed by atoms with E-state index in [1.54, 1.807) is 11.3 Å². The van der Waals surface area contributed by atoms with Crippen LogP contribution < -0.4 is 11.1 Å². The van der Waals surface area contributed by atoms with E-state index in [2.05, 4.69) is 26.8 Å². The second-order valence-electron chi connectivity index (χ2n) is 7.75. The highest BCUT2D eigenvalue weighted by atomic mass is 32.1. The Morgan fingerprint density at radius 3 is 2.88 bits per heavy atom. The molecular weight excluding hydrogens is 352 g/mol. The van der Waals surface area contributed by atoms with E-state index in [0.717, 1.165) is 26.1 Å². The highest BCUT2D eigenvalue weighted by molar-refractivity contribution is 7.07. The number of hydrogen-bond donors (Lipinski definition) is 0. The molecule has 0 bridgehead atoms. The lowest BCUT2D eigenvalue weighted by Crippen LogP contribution is -2.53. The van der Waals surface area contributed by atoms with E-state index >= 15 is 0 Å². The monoisotopic (exact) mass is 376 g/mol. The van der Waals surface area contributed by atoms with E-state index in [1.807, 2.05) is 13.8 Å². The van der Waals surface area contributed by atoms with Gasteiger partial charge in [-0.3, -0.25) is 19.1 Å². The van der Waals surface area contributed by atoms with Crippen LogP contribution in [0.15, 0.2) is 26.4 Å². The summed E-state index contributed by atoms with van der Waals surface area (Å²) >= 11 is 1.70. The number of rotatable bonds is 4. The normalized spacial score (nSPS) is 23.0. The van der Waals surface area contributed by atoms with Crippen LogP contribution in [0.4, 0.5) is 0 Å². The fraction of sp³-hybridized carbons (Fsp3) is 0.611. The van der Waals surface area contributed by atoms with Gasteiger partial charge in [-0.05, 0) is 34.7 Å². The van der Waals surface area contributed by atoms with Gasteiger partial charge < -0.3 is 4.74 Å². The van der Waals surface area contributed by atoms with E-state index in [0.29, 0.717) is 18.9 Å². The smallest absolute Gasteiger partial charge is 0.332 e. The summed E-state index contributed by atoms with van der Waals surface area (Å²) in [5, 5.41) is 8.62. The van der Waals surface area contributed by atoms with Crippen LogP contribution >= 0.6 is 11.3 Å². The van der Waals surface area contributed by atoms with Crippen LogP contribution in [0.3, 0.4) is 0 Å². The summed E-state index contributed by atoms with van der Waals surface area (Å²) in [6.07, 6.45) is 0.859. The first-order valence-corrected chi connectivity index (χ1v) is 9.98. The summed E-state index contributed by atoms with van der Waals surface area (Å²) in [4.78, 5) is 27.3. The number of fused-ring (bicyclic) bond motifs is 1. The second kappa shape index (κ2) is 6.75. The average molecular weight is 376 g/mol. The summed E-state index contributed by atoms with van der Waals surface area (Å²) in [5.41, 5.74) is -0.105. The van der Waals surface area contributed by atoms with Crippen LogP contribution in [0.1, 0.15) is 31.7 Å². The highest BCUT2D eigenvalue weighted by Crippen LogP contribution is 2.32. The van der Waals surface area contributed by atoms with E-state index in [1.165, 1.54) is 14.8 Å². The third kappa shape index (κ3) is 3.28. The Balaban J connectivity index is 1.55. The van der Waals surface area contributed by atoms with Crippen molar-refractivity contribution in [3.63, 3.8) is 0 Å². The van der Waals surface area contributed by atoms with Gasteiger partial charge in [-0.1, -0.05) is 13.8 Å². The zero-order chi connectivity index (χ0) is 18.3. The summed E-state index contributed by atoms with van der Waals surface area (Å²) < 4.78 is 9.01. The van der Waals surface area contributed by atoms with E-state index in [9.17, 15) is 9.59 Å². The number of ether oxygens (including phenoxy) is 1. The van der Waals surface area contributed by atoms with Gasteiger partial charge in [0.25, 0.3) is 0 Å². The van der Waals surface area contributed by atoms with E-state index in [4.69, 9.17) is 4.74 Å². The van der Waals surface area contributed by atoms with Gasteiger partial charge in [-0.2, -0.15) is 16.4 Å². The molecule has 1 fully saturated rings. The van der Waals surface area contributed by atoms with Crippen molar-refractivity contribution in [1.82, 2.24) is 19.2 Å². The van der Waals surface area contributed by atoms with Gasteiger partial charge >= 0.3 is 11.1 Å². The molecule has 2 aromatic heterocycles. The third-order valence-electron chi connectivity index (χ3n) is 5.08. The van der Waals surface area contributed by atoms with Crippen molar-refractivity contribution in [1.29, 1.82) is 0 Å². The molecule has 2 aliphatic rings. The second-order valence-corrected chi connectivity index (χ2v) is 8.53. The van der Waals surface area contributed by atoms with Crippen LogP contribution in [0.25, 0.3) is 0 Å². The lowest BCUT2D eigenvalue weighted by Gasteiger charge is -2.35. The minimum atomic E-state index is -0.535. The van der Waals surface area contributed by atoms with Gasteiger partial charge in [0, 0.05) is 26.2 Å². The van der Waals surface area contributed by atoms with Crippen molar-refractivity contribution in [3.8, 4) is 0 Å². The minimum Gasteiger partial charge on any atom is -0.364 e. The molecule has 4 rings (SSSR count). The van der Waals surface area contributed by atoms with Gasteiger partial charge in [0.1, 0.15) is 12.2 Å². The first-order chi connectivity index (χ1) is 12.5. The fourth-order valence-electron chi connectivity index (χ4n) is 3.82. The Hall–Kier alpha value is -1.77. The topological polar surface area (TPSA) is 69.4 Å². The molecule has 0 radical (unpaired) electrons. The Bertz CT molecular complexity index is 902. The summed E-state index contributed by atoms with van der Waals surface area (Å²) in [5.74, 6) is 0.802. The van der Waals surface area contributed by atoms with Crippen molar-refractivity contribution in [2.45, 2.75) is 52.1 Å². The van der Waals surface area contributed by atoms with Crippen LogP contribution in [0, 0.1) is 5.92 Å². The lowest BCUT2D eigenvalue weighted by molar-refractivity contribution is -0.0859. The lowest BCUT2D eigenvalue weighted by atomic mass is 10.0. The van der Waals surface area contributed by atoms with Crippen molar-refractivity contribution >= 4 is 11.3 Å². The Kier molecular flexibility index (Phi) is 4.58. The summed E-state index contributed by atoms with van der Waals surface area (Å²) in [6.45, 7) is 7.72. The summed E-state index contributed by atoms with van der Waals surface area (Å²) in [7, 11) is 0. The number of aromatic nitrogens is 3. The molecule has 2 aromatic rings. The molecule has 0 aliphatic carbocycles. The quantitative estimate of drug-likeness (QED) is 0.753. The molecule has 8 heteroatoms. The molecule has 0 aromatic carbocycles. The predicted molar refractivity (Wildman–Crippen MR) is 99.3 cm³/mol. The maximum atomic E-state index is 12.6. The zero-order valence-corrected chi connectivity index (χ0v) is 16.0. The molecule has 7 nitrogen and oxygen atoms in total. The molecule has 1 spiro atoms. The largest absolute Gasteiger partial charge is 0.364 e. The number of hydrogen-bond acceptors (Lipinski definition) is 6. The van der Waals surface area contributed by atoms with Crippen molar-refractivity contribution in [2.24, 2.45) is 5.92 Å². The maximum absolute atomic E-state index is 12.6. The Morgan fingerprint density at radius 1 is 1.31 bits per heavy atom. The predicted octanol–water partition coefficient (Wildman–Crippen LogP) is 1.30. The summed E-state index contributed by atoms with van der Waals surface area (Å²) in [6, 6.07) is 2.14. The first kappa shape index (κ1) is 17.6. The molecule has 0 saturated carbocycles. The standard InChI is InChI=1S/C18H24N4O3S/c1-13(2)7-22-17(24)16(23)21-12-18(25-9-15(21)19-22)4-5-20(11-18)8-14-3-6-26-10-14/h3,6,10,13H,4-5,7-9,11-12H2,1-2H3/t18-/m0/s1. The molecular formula is C18H24N4O3S. The van der Waals surface area contributed by atoms with Gasteiger partial charge in [-0.15, -0.1) is 0 Å². The molecule has 4 heterocycles. The average Bonchev–Trinajstić information content (AvgIpc) is 3.24. The Labute approximate surface area is 155 Å². The van der Waals surface area contributed by atoms with E-state index < -0.39 is 16.7 Å². The number of nitrogens with zero attached hydrogens (tertiary/aromatic N) is 4. The molecule has 140 valence electrons. The molecule has 2 aliphatic heterocycles. The third-order valence-corrected chi connectivity index (χ3v) is 5.82. The molecule has 1 saturated heterocycles. The van der Waals surface area contributed by atoms with Crippen molar-refractivity contribution in [2.75, 3.05) is 13.1 Å². The maximum Gasteiger partial charge on any atom is 0.332 e. The minimum absolute atomic E-state index is 0.249. The highest BCUT2D eigenvalue weighted by Gasteiger charge is 2.43. The number of thiophene rings is 1.